The maximum atomic E-state index is 12.1. The second-order valence-corrected chi connectivity index (χ2v) is 5.38. The van der Waals surface area contributed by atoms with Gasteiger partial charge in [0.05, 0.1) is 12.5 Å². The lowest BCUT2D eigenvalue weighted by Gasteiger charge is -2.24. The van der Waals surface area contributed by atoms with Crippen molar-refractivity contribution in [3.8, 4) is 0 Å². The van der Waals surface area contributed by atoms with E-state index in [2.05, 4.69) is 26.1 Å². The van der Waals surface area contributed by atoms with Gasteiger partial charge < -0.3 is 5.32 Å². The van der Waals surface area contributed by atoms with E-state index in [1.165, 1.54) is 4.90 Å². The summed E-state index contributed by atoms with van der Waals surface area (Å²) in [6, 6.07) is -0.0676. The number of amides is 2. The van der Waals surface area contributed by atoms with E-state index in [1.54, 1.807) is 0 Å². The largest absolute Gasteiger partial charge is 0.302 e. The Morgan fingerprint density at radius 2 is 1.88 bits per heavy atom. The van der Waals surface area contributed by atoms with Crippen LogP contribution in [0.4, 0.5) is 0 Å². The summed E-state index contributed by atoms with van der Waals surface area (Å²) in [4.78, 5) is 25.2. The Kier molecular flexibility index (Phi) is 4.69. The van der Waals surface area contributed by atoms with Gasteiger partial charge in [-0.25, -0.2) is 0 Å². The highest BCUT2D eigenvalue weighted by molar-refractivity contribution is 6.05. The summed E-state index contributed by atoms with van der Waals surface area (Å²) in [6.07, 6.45) is 1.28. The molecule has 0 bridgehead atoms. The first-order chi connectivity index (χ1) is 7.88. The molecular formula is C13H24N2O2. The summed E-state index contributed by atoms with van der Waals surface area (Å²) < 4.78 is 0. The van der Waals surface area contributed by atoms with Crippen molar-refractivity contribution in [3.05, 3.63) is 0 Å². The third-order valence-corrected chi connectivity index (χ3v) is 3.36. The summed E-state index contributed by atoms with van der Waals surface area (Å²) >= 11 is 0. The highest BCUT2D eigenvalue weighted by atomic mass is 16.2. The third kappa shape index (κ3) is 3.06. The average molecular weight is 240 g/mol. The third-order valence-electron chi connectivity index (χ3n) is 3.36. The van der Waals surface area contributed by atoms with Crippen molar-refractivity contribution in [2.24, 2.45) is 5.92 Å². The molecule has 1 heterocycles. The number of nitrogens with zero attached hydrogens (tertiary/aromatic N) is 1. The van der Waals surface area contributed by atoms with Gasteiger partial charge in [-0.3, -0.25) is 14.5 Å². The van der Waals surface area contributed by atoms with Crippen molar-refractivity contribution in [2.75, 3.05) is 0 Å². The Hall–Kier alpha value is -0.900. The van der Waals surface area contributed by atoms with Crippen molar-refractivity contribution < 1.29 is 9.59 Å². The van der Waals surface area contributed by atoms with Crippen LogP contribution in [0.2, 0.25) is 0 Å². The van der Waals surface area contributed by atoms with Gasteiger partial charge in [0.2, 0.25) is 11.8 Å². The first-order valence-corrected chi connectivity index (χ1v) is 6.50. The van der Waals surface area contributed by atoms with Crippen LogP contribution in [0.15, 0.2) is 0 Å². The molecule has 0 aromatic heterocycles. The molecule has 0 aliphatic carbocycles. The number of carbonyl (C=O) groups excluding carboxylic acids is 2. The van der Waals surface area contributed by atoms with Gasteiger partial charge in [0, 0.05) is 12.1 Å². The number of hydrogen-bond acceptors (Lipinski definition) is 3. The van der Waals surface area contributed by atoms with Gasteiger partial charge in [0.15, 0.2) is 0 Å². The molecule has 2 atom stereocenters. The van der Waals surface area contributed by atoms with Crippen LogP contribution in [0.25, 0.3) is 0 Å². The van der Waals surface area contributed by atoms with E-state index in [9.17, 15) is 9.59 Å². The minimum atomic E-state index is -0.322. The van der Waals surface area contributed by atoms with Crippen LogP contribution in [-0.2, 0) is 9.59 Å². The molecule has 0 saturated carbocycles. The highest BCUT2D eigenvalue weighted by Gasteiger charge is 2.40. The molecular weight excluding hydrogens is 216 g/mol. The molecule has 0 aromatic carbocycles. The number of rotatable bonds is 5. The summed E-state index contributed by atoms with van der Waals surface area (Å²) in [6.45, 7) is 10.1. The van der Waals surface area contributed by atoms with Crippen molar-refractivity contribution in [1.82, 2.24) is 10.2 Å². The quantitative estimate of drug-likeness (QED) is 0.742. The Balaban J connectivity index is 2.69. The molecule has 1 rings (SSSR count). The molecule has 4 heteroatoms. The van der Waals surface area contributed by atoms with Crippen LogP contribution in [0, 0.1) is 5.92 Å². The monoisotopic (exact) mass is 240 g/mol. The Labute approximate surface area is 104 Å². The molecule has 1 aliphatic heterocycles. The standard InChI is InChI=1S/C13H24N2O2/c1-6-10(8(2)3)14-11-7-12(16)15(9(4)5)13(11)17/h8-11,14H,6-7H2,1-5H3. The zero-order valence-electron chi connectivity index (χ0n) is 11.5. The maximum Gasteiger partial charge on any atom is 0.247 e. The minimum absolute atomic E-state index is 0.0408. The first-order valence-electron chi connectivity index (χ1n) is 6.50. The lowest BCUT2D eigenvalue weighted by atomic mass is 10.0. The Morgan fingerprint density at radius 1 is 1.29 bits per heavy atom. The first kappa shape index (κ1) is 14.2. The van der Waals surface area contributed by atoms with Gasteiger partial charge in [-0.15, -0.1) is 0 Å². The summed E-state index contributed by atoms with van der Waals surface area (Å²) in [5.41, 5.74) is 0. The molecule has 1 N–H and O–H groups in total. The van der Waals surface area contributed by atoms with Crippen molar-refractivity contribution in [2.45, 2.75) is 65.6 Å². The van der Waals surface area contributed by atoms with Crippen LogP contribution >= 0.6 is 0 Å². The number of hydrogen-bond donors (Lipinski definition) is 1. The minimum Gasteiger partial charge on any atom is -0.302 e. The normalized spacial score (nSPS) is 23.0. The topological polar surface area (TPSA) is 49.4 Å². The molecule has 17 heavy (non-hydrogen) atoms. The molecule has 4 nitrogen and oxygen atoms in total. The van der Waals surface area contributed by atoms with Crippen LogP contribution < -0.4 is 5.32 Å². The van der Waals surface area contributed by atoms with Gasteiger partial charge in [-0.1, -0.05) is 20.8 Å². The molecule has 1 fully saturated rings. The van der Waals surface area contributed by atoms with Gasteiger partial charge in [-0.05, 0) is 26.2 Å². The molecule has 0 radical (unpaired) electrons. The molecule has 1 saturated heterocycles. The van der Waals surface area contributed by atoms with E-state index in [-0.39, 0.29) is 23.9 Å². The SMILES string of the molecule is CCC(NC1CC(=O)N(C(C)C)C1=O)C(C)C. The summed E-state index contributed by atoms with van der Waals surface area (Å²) in [5.74, 6) is 0.348. The van der Waals surface area contributed by atoms with Crippen LogP contribution in [-0.4, -0.2) is 34.8 Å². The van der Waals surface area contributed by atoms with Crippen LogP contribution in [0.5, 0.6) is 0 Å². The van der Waals surface area contributed by atoms with Gasteiger partial charge in [-0.2, -0.15) is 0 Å². The molecule has 2 amide bonds. The molecule has 0 aromatic rings. The van der Waals surface area contributed by atoms with E-state index in [1.807, 2.05) is 13.8 Å². The van der Waals surface area contributed by atoms with Gasteiger partial charge >= 0.3 is 0 Å². The predicted molar refractivity (Wildman–Crippen MR) is 67.4 cm³/mol. The Bertz CT molecular complexity index is 300. The lowest BCUT2D eigenvalue weighted by Crippen LogP contribution is -2.46. The van der Waals surface area contributed by atoms with Crippen molar-refractivity contribution >= 4 is 11.8 Å². The van der Waals surface area contributed by atoms with Crippen molar-refractivity contribution in [3.63, 3.8) is 0 Å². The Morgan fingerprint density at radius 3 is 2.24 bits per heavy atom. The van der Waals surface area contributed by atoms with Crippen molar-refractivity contribution in [1.29, 1.82) is 0 Å². The second kappa shape index (κ2) is 5.63. The zero-order valence-corrected chi connectivity index (χ0v) is 11.5. The smallest absolute Gasteiger partial charge is 0.247 e. The fourth-order valence-electron chi connectivity index (χ4n) is 2.36. The fourth-order valence-corrected chi connectivity index (χ4v) is 2.36. The van der Waals surface area contributed by atoms with E-state index >= 15 is 0 Å². The maximum absolute atomic E-state index is 12.1. The zero-order chi connectivity index (χ0) is 13.2. The van der Waals surface area contributed by atoms with Gasteiger partial charge in [0.25, 0.3) is 0 Å². The number of carbonyl (C=O) groups is 2. The molecule has 98 valence electrons. The second-order valence-electron chi connectivity index (χ2n) is 5.38. The molecule has 1 aliphatic rings. The van der Waals surface area contributed by atoms with Crippen LogP contribution in [0.3, 0.4) is 0 Å². The molecule has 0 spiro atoms. The lowest BCUT2D eigenvalue weighted by molar-refractivity contribution is -0.140. The summed E-state index contributed by atoms with van der Waals surface area (Å²) in [5, 5.41) is 3.32. The van der Waals surface area contributed by atoms with Gasteiger partial charge in [0.1, 0.15) is 0 Å². The van der Waals surface area contributed by atoms with Crippen LogP contribution in [0.1, 0.15) is 47.5 Å². The summed E-state index contributed by atoms with van der Waals surface area (Å²) in [7, 11) is 0. The predicted octanol–water partition coefficient (Wildman–Crippen LogP) is 1.55. The number of likely N-dealkylation sites (tertiary alicyclic amines) is 1. The highest BCUT2D eigenvalue weighted by Crippen LogP contribution is 2.18. The number of nitrogens with one attached hydrogen (secondary N) is 1. The van der Waals surface area contributed by atoms with E-state index in [4.69, 9.17) is 0 Å². The van der Waals surface area contributed by atoms with E-state index < -0.39 is 0 Å². The molecule has 2 unspecified atom stereocenters. The number of imide groups is 1. The fraction of sp³-hybridized carbons (Fsp3) is 0.846. The average Bonchev–Trinajstić information content (AvgIpc) is 2.49. The van der Waals surface area contributed by atoms with E-state index in [0.717, 1.165) is 6.42 Å². The van der Waals surface area contributed by atoms with E-state index in [0.29, 0.717) is 18.4 Å².